The van der Waals surface area contributed by atoms with E-state index in [1.54, 1.807) is 0 Å². The molecule has 1 saturated carbocycles. The second-order valence-electron chi connectivity index (χ2n) is 5.53. The molecule has 0 bridgehead atoms. The van der Waals surface area contributed by atoms with Gasteiger partial charge in [-0.1, -0.05) is 6.42 Å². The summed E-state index contributed by atoms with van der Waals surface area (Å²) >= 11 is 0. The molecule has 2 fully saturated rings. The molecule has 3 N–H and O–H groups in total. The summed E-state index contributed by atoms with van der Waals surface area (Å²) in [6, 6.07) is 0.512. The van der Waals surface area contributed by atoms with Crippen LogP contribution in [0.15, 0.2) is 0 Å². The molecule has 4 nitrogen and oxygen atoms in total. The van der Waals surface area contributed by atoms with Gasteiger partial charge >= 0.3 is 0 Å². The Morgan fingerprint density at radius 3 is 2.82 bits per heavy atom. The number of hydrogen-bond acceptors (Lipinski definition) is 3. The van der Waals surface area contributed by atoms with Crippen LogP contribution in [0.5, 0.6) is 0 Å². The van der Waals surface area contributed by atoms with Crippen molar-refractivity contribution in [3.63, 3.8) is 0 Å². The summed E-state index contributed by atoms with van der Waals surface area (Å²) < 4.78 is 5.48. The number of carbonyl (C=O) groups excluding carboxylic acids is 1. The second kappa shape index (κ2) is 5.83. The minimum atomic E-state index is 0.136. The minimum absolute atomic E-state index is 0.136. The van der Waals surface area contributed by atoms with Gasteiger partial charge in [-0.25, -0.2) is 0 Å². The first-order chi connectivity index (χ1) is 8.15. The van der Waals surface area contributed by atoms with Gasteiger partial charge < -0.3 is 15.8 Å². The number of rotatable bonds is 2. The largest absolute Gasteiger partial charge is 0.378 e. The molecule has 0 spiro atoms. The van der Waals surface area contributed by atoms with Crippen molar-refractivity contribution in [1.29, 1.82) is 0 Å². The quantitative estimate of drug-likeness (QED) is 0.762. The van der Waals surface area contributed by atoms with E-state index in [1.165, 1.54) is 0 Å². The third-order valence-electron chi connectivity index (χ3n) is 3.92. The minimum Gasteiger partial charge on any atom is -0.378 e. The molecule has 17 heavy (non-hydrogen) atoms. The maximum Gasteiger partial charge on any atom is 0.223 e. The van der Waals surface area contributed by atoms with Crippen LogP contribution >= 0.6 is 0 Å². The number of nitrogens with one attached hydrogen (secondary N) is 1. The molecule has 4 heteroatoms. The Bertz CT molecular complexity index is 270. The van der Waals surface area contributed by atoms with Crippen molar-refractivity contribution >= 4 is 5.91 Å². The number of ether oxygens (including phenoxy) is 1. The highest BCUT2D eigenvalue weighted by Crippen LogP contribution is 2.24. The lowest BCUT2D eigenvalue weighted by Gasteiger charge is -2.31. The van der Waals surface area contributed by atoms with Crippen LogP contribution in [0.1, 0.15) is 45.4 Å². The molecule has 4 unspecified atom stereocenters. The first-order valence-corrected chi connectivity index (χ1v) is 6.82. The zero-order valence-corrected chi connectivity index (χ0v) is 10.7. The van der Waals surface area contributed by atoms with Gasteiger partial charge in [-0.3, -0.25) is 4.79 Å². The van der Waals surface area contributed by atoms with Crippen LogP contribution in [-0.2, 0) is 9.53 Å². The number of hydrogen-bond donors (Lipinski definition) is 2. The Hall–Kier alpha value is -0.610. The highest BCUT2D eigenvalue weighted by atomic mass is 16.5. The molecular weight excluding hydrogens is 216 g/mol. The average Bonchev–Trinajstić information content (AvgIpc) is 2.29. The van der Waals surface area contributed by atoms with E-state index in [-0.39, 0.29) is 24.0 Å². The molecule has 4 atom stereocenters. The summed E-state index contributed by atoms with van der Waals surface area (Å²) in [5, 5.41) is 3.17. The van der Waals surface area contributed by atoms with E-state index in [9.17, 15) is 4.79 Å². The molecule has 2 rings (SSSR count). The van der Waals surface area contributed by atoms with Crippen LogP contribution in [0, 0.1) is 5.92 Å². The van der Waals surface area contributed by atoms with Crippen molar-refractivity contribution in [2.75, 3.05) is 6.61 Å². The normalized spacial score (nSPS) is 38.7. The standard InChI is InChI=1S/C13H24N2O2/c1-9-7-12(5-6-17-9)15-13(16)10-3-2-4-11(14)8-10/h9-12H,2-8,14H2,1H3,(H,15,16). The van der Waals surface area contributed by atoms with Gasteiger partial charge in [0.15, 0.2) is 0 Å². The fraction of sp³-hybridized carbons (Fsp3) is 0.923. The van der Waals surface area contributed by atoms with Crippen LogP contribution in [-0.4, -0.2) is 30.7 Å². The lowest BCUT2D eigenvalue weighted by Crippen LogP contribution is -2.45. The number of nitrogens with two attached hydrogens (primary N) is 1. The predicted octanol–water partition coefficient (Wildman–Crippen LogP) is 1.19. The molecule has 1 amide bonds. The fourth-order valence-corrected chi connectivity index (χ4v) is 2.91. The molecule has 1 aliphatic heterocycles. The van der Waals surface area contributed by atoms with Crippen molar-refractivity contribution in [3.05, 3.63) is 0 Å². The molecule has 1 aliphatic carbocycles. The molecule has 1 saturated heterocycles. The molecule has 98 valence electrons. The molecule has 0 aromatic rings. The lowest BCUT2D eigenvalue weighted by atomic mass is 9.85. The van der Waals surface area contributed by atoms with E-state index in [2.05, 4.69) is 12.2 Å². The first kappa shape index (κ1) is 12.8. The van der Waals surface area contributed by atoms with Crippen LogP contribution < -0.4 is 11.1 Å². The highest BCUT2D eigenvalue weighted by Gasteiger charge is 2.28. The van der Waals surface area contributed by atoms with E-state index in [4.69, 9.17) is 10.5 Å². The average molecular weight is 240 g/mol. The van der Waals surface area contributed by atoms with Gasteiger partial charge in [0.2, 0.25) is 5.91 Å². The van der Waals surface area contributed by atoms with E-state index in [0.717, 1.165) is 45.1 Å². The van der Waals surface area contributed by atoms with Gasteiger partial charge in [0.1, 0.15) is 0 Å². The van der Waals surface area contributed by atoms with Gasteiger partial charge in [0, 0.05) is 24.6 Å². The summed E-state index contributed by atoms with van der Waals surface area (Å²) in [7, 11) is 0. The highest BCUT2D eigenvalue weighted by molar-refractivity contribution is 5.79. The van der Waals surface area contributed by atoms with Crippen LogP contribution in [0.3, 0.4) is 0 Å². The zero-order valence-electron chi connectivity index (χ0n) is 10.7. The zero-order chi connectivity index (χ0) is 12.3. The van der Waals surface area contributed by atoms with Crippen molar-refractivity contribution < 1.29 is 9.53 Å². The molecule has 0 aromatic heterocycles. The summed E-state index contributed by atoms with van der Waals surface area (Å²) in [6.45, 7) is 2.82. The van der Waals surface area contributed by atoms with Gasteiger partial charge in [0.05, 0.1) is 6.10 Å². The summed E-state index contributed by atoms with van der Waals surface area (Å²) in [5.74, 6) is 0.344. The van der Waals surface area contributed by atoms with Crippen molar-refractivity contribution in [3.8, 4) is 0 Å². The smallest absolute Gasteiger partial charge is 0.223 e. The van der Waals surface area contributed by atoms with Crippen LogP contribution in [0.2, 0.25) is 0 Å². The summed E-state index contributed by atoms with van der Waals surface area (Å²) in [4.78, 5) is 12.1. The summed E-state index contributed by atoms with van der Waals surface area (Å²) in [6.07, 6.45) is 6.15. The third kappa shape index (κ3) is 3.68. The first-order valence-electron chi connectivity index (χ1n) is 6.82. The van der Waals surface area contributed by atoms with Gasteiger partial charge in [-0.15, -0.1) is 0 Å². The number of carbonyl (C=O) groups is 1. The van der Waals surface area contributed by atoms with E-state index in [0.29, 0.717) is 6.04 Å². The maximum absolute atomic E-state index is 12.1. The third-order valence-corrected chi connectivity index (χ3v) is 3.92. The van der Waals surface area contributed by atoms with E-state index in [1.807, 2.05) is 0 Å². The predicted molar refractivity (Wildman–Crippen MR) is 66.5 cm³/mol. The molecular formula is C13H24N2O2. The molecule has 2 aliphatic rings. The summed E-state index contributed by atoms with van der Waals surface area (Å²) in [5.41, 5.74) is 5.92. The Morgan fingerprint density at radius 2 is 2.12 bits per heavy atom. The van der Waals surface area contributed by atoms with Crippen molar-refractivity contribution in [1.82, 2.24) is 5.32 Å². The Morgan fingerprint density at radius 1 is 1.29 bits per heavy atom. The number of amides is 1. The van der Waals surface area contributed by atoms with Crippen LogP contribution in [0.25, 0.3) is 0 Å². The Kier molecular flexibility index (Phi) is 4.40. The molecule has 0 aromatic carbocycles. The second-order valence-corrected chi connectivity index (χ2v) is 5.53. The van der Waals surface area contributed by atoms with Gasteiger partial charge in [-0.2, -0.15) is 0 Å². The lowest BCUT2D eigenvalue weighted by molar-refractivity contribution is -0.127. The van der Waals surface area contributed by atoms with E-state index < -0.39 is 0 Å². The van der Waals surface area contributed by atoms with Gasteiger partial charge in [0.25, 0.3) is 0 Å². The monoisotopic (exact) mass is 240 g/mol. The maximum atomic E-state index is 12.1. The fourth-order valence-electron chi connectivity index (χ4n) is 2.91. The Balaban J connectivity index is 1.79. The topological polar surface area (TPSA) is 64.4 Å². The molecule has 0 radical (unpaired) electrons. The Labute approximate surface area is 103 Å². The van der Waals surface area contributed by atoms with Crippen molar-refractivity contribution in [2.45, 2.75) is 63.6 Å². The van der Waals surface area contributed by atoms with Crippen molar-refractivity contribution in [2.24, 2.45) is 11.7 Å². The van der Waals surface area contributed by atoms with Crippen LogP contribution in [0.4, 0.5) is 0 Å². The van der Waals surface area contributed by atoms with Gasteiger partial charge in [-0.05, 0) is 39.0 Å². The van der Waals surface area contributed by atoms with E-state index >= 15 is 0 Å². The molecule has 1 heterocycles. The SMILES string of the molecule is CC1CC(NC(=O)C2CCCC(N)C2)CCO1.